The molecule has 0 aromatic rings. The Hall–Kier alpha value is -1.09. The summed E-state index contributed by atoms with van der Waals surface area (Å²) in [6, 6.07) is 0. The van der Waals surface area contributed by atoms with Gasteiger partial charge >= 0.3 is 23.7 Å². The largest absolute Gasteiger partial charge is 0.463 e. The van der Waals surface area contributed by atoms with Crippen LogP contribution < -0.4 is 0 Å². The zero-order valence-electron chi connectivity index (χ0n) is 14.4. The summed E-state index contributed by atoms with van der Waals surface area (Å²) in [6.45, 7) is 8.77. The van der Waals surface area contributed by atoms with Gasteiger partial charge in [-0.3, -0.25) is 0 Å². The molecule has 0 heterocycles. The summed E-state index contributed by atoms with van der Waals surface area (Å²) in [6.07, 6.45) is -4.97. The summed E-state index contributed by atoms with van der Waals surface area (Å²) in [5.74, 6) is -3.74. The van der Waals surface area contributed by atoms with E-state index in [0.717, 1.165) is 0 Å². The van der Waals surface area contributed by atoms with Crippen molar-refractivity contribution in [1.29, 1.82) is 0 Å². The normalized spacial score (nSPS) is 15.2. The highest BCUT2D eigenvalue weighted by Crippen LogP contribution is 2.38. The second kappa shape index (κ2) is 8.14. The molecule has 0 rings (SSSR count). The van der Waals surface area contributed by atoms with Crippen LogP contribution in [0.4, 0.5) is 13.2 Å². The summed E-state index contributed by atoms with van der Waals surface area (Å²) >= 11 is 0. The highest BCUT2D eigenvalue weighted by Gasteiger charge is 2.71. The van der Waals surface area contributed by atoms with Crippen LogP contribution in [0.15, 0.2) is 0 Å². The predicted octanol–water partition coefficient (Wildman–Crippen LogP) is 3.29. The minimum Gasteiger partial charge on any atom is -0.463 e. The molecule has 0 spiro atoms. The number of rotatable bonds is 8. The van der Waals surface area contributed by atoms with Crippen LogP contribution in [-0.4, -0.2) is 45.2 Å². The van der Waals surface area contributed by atoms with E-state index in [1.54, 1.807) is 20.8 Å². The van der Waals surface area contributed by atoms with Crippen molar-refractivity contribution in [3.8, 4) is 0 Å². The first-order valence-electron chi connectivity index (χ1n) is 7.39. The van der Waals surface area contributed by atoms with E-state index in [1.807, 2.05) is 0 Å². The van der Waals surface area contributed by atoms with Gasteiger partial charge < -0.3 is 13.9 Å². The highest BCUT2D eigenvalue weighted by atomic mass is 28.4. The molecule has 0 radical (unpaired) electrons. The summed E-state index contributed by atoms with van der Waals surface area (Å²) in [5, 5.41) is 0. The van der Waals surface area contributed by atoms with Gasteiger partial charge in [0.05, 0.1) is 13.2 Å². The molecule has 0 saturated carbocycles. The molecular weight excluding hydrogens is 333 g/mol. The Bertz CT molecular complexity index is 418. The third-order valence-corrected chi connectivity index (χ3v) is 3.34. The molecule has 0 aromatic heterocycles. The van der Waals surface area contributed by atoms with Crippen LogP contribution in [0, 0.1) is 5.92 Å². The number of esters is 2. The number of alkyl halides is 3. The average Bonchev–Trinajstić information content (AvgIpc) is 2.36. The zero-order chi connectivity index (χ0) is 18.5. The second-order valence-corrected chi connectivity index (χ2v) is 11.0. The summed E-state index contributed by atoms with van der Waals surface area (Å²) in [7, 11) is -2.95. The van der Waals surface area contributed by atoms with Crippen molar-refractivity contribution in [1.82, 2.24) is 0 Å². The van der Waals surface area contributed by atoms with Crippen molar-refractivity contribution in [2.45, 2.75) is 58.6 Å². The lowest BCUT2D eigenvalue weighted by Crippen LogP contribution is -2.64. The van der Waals surface area contributed by atoms with Crippen LogP contribution in [0.5, 0.6) is 0 Å². The molecule has 0 aliphatic carbocycles. The Labute approximate surface area is 135 Å². The molecule has 136 valence electrons. The Morgan fingerprint density at radius 1 is 1.04 bits per heavy atom. The molecule has 9 heteroatoms. The molecule has 0 fully saturated rings. The Kier molecular flexibility index (Phi) is 7.75. The van der Waals surface area contributed by atoms with Gasteiger partial charge in [0.15, 0.2) is 8.32 Å². The lowest BCUT2D eigenvalue weighted by Gasteiger charge is -2.36. The average molecular weight is 358 g/mol. The van der Waals surface area contributed by atoms with Gasteiger partial charge in [0.25, 0.3) is 0 Å². The molecule has 0 saturated heterocycles. The standard InChI is InChI=1S/C14H25F3O5Si/c1-7-8-20-11(18)13(14(15,16)17,22-23(4,5)6)12(19)21-9-10(2)3/h10H,7-9H2,1-6H3. The monoisotopic (exact) mass is 358 g/mol. The first-order chi connectivity index (χ1) is 10.3. The van der Waals surface area contributed by atoms with Gasteiger partial charge in [-0.05, 0) is 32.0 Å². The fraction of sp³-hybridized carbons (Fsp3) is 0.857. The van der Waals surface area contributed by atoms with E-state index in [9.17, 15) is 22.8 Å². The van der Waals surface area contributed by atoms with Crippen LogP contribution >= 0.6 is 0 Å². The lowest BCUT2D eigenvalue weighted by molar-refractivity contribution is -0.259. The molecule has 0 bridgehead atoms. The van der Waals surface area contributed by atoms with Gasteiger partial charge in [-0.25, -0.2) is 9.59 Å². The molecule has 1 unspecified atom stereocenters. The van der Waals surface area contributed by atoms with E-state index >= 15 is 0 Å². The quantitative estimate of drug-likeness (QED) is 0.378. The zero-order valence-corrected chi connectivity index (χ0v) is 15.4. The van der Waals surface area contributed by atoms with Gasteiger partial charge in [0.2, 0.25) is 0 Å². The number of halogens is 3. The smallest absolute Gasteiger partial charge is 0.438 e. The van der Waals surface area contributed by atoms with E-state index in [-0.39, 0.29) is 19.1 Å². The fourth-order valence-corrected chi connectivity index (χ4v) is 2.76. The molecule has 0 aliphatic rings. The van der Waals surface area contributed by atoms with E-state index in [4.69, 9.17) is 4.43 Å². The third-order valence-electron chi connectivity index (χ3n) is 2.42. The molecular formula is C14H25F3O5Si. The minimum absolute atomic E-state index is 0.191. The number of carbonyl (C=O) groups excluding carboxylic acids is 2. The van der Waals surface area contributed by atoms with Crippen molar-refractivity contribution in [3.63, 3.8) is 0 Å². The van der Waals surface area contributed by atoms with E-state index in [2.05, 4.69) is 9.47 Å². The van der Waals surface area contributed by atoms with Crippen molar-refractivity contribution in [2.24, 2.45) is 5.92 Å². The van der Waals surface area contributed by atoms with Crippen LogP contribution in [0.25, 0.3) is 0 Å². The molecule has 23 heavy (non-hydrogen) atoms. The second-order valence-electron chi connectivity index (χ2n) is 6.52. The van der Waals surface area contributed by atoms with Gasteiger partial charge in [-0.1, -0.05) is 20.8 Å². The van der Waals surface area contributed by atoms with Gasteiger partial charge in [0, 0.05) is 0 Å². The maximum atomic E-state index is 13.7. The minimum atomic E-state index is -5.29. The van der Waals surface area contributed by atoms with Crippen molar-refractivity contribution in [3.05, 3.63) is 0 Å². The topological polar surface area (TPSA) is 61.8 Å². The Morgan fingerprint density at radius 3 is 1.87 bits per heavy atom. The summed E-state index contributed by atoms with van der Waals surface area (Å²) in [4.78, 5) is 24.2. The van der Waals surface area contributed by atoms with Gasteiger partial charge in [-0.15, -0.1) is 0 Å². The molecule has 1 atom stereocenters. The molecule has 0 aliphatic heterocycles. The van der Waals surface area contributed by atoms with Crippen molar-refractivity contribution < 1.29 is 36.7 Å². The van der Waals surface area contributed by atoms with Crippen LogP contribution in [-0.2, 0) is 23.5 Å². The number of ether oxygens (including phenoxy) is 2. The molecule has 0 aromatic carbocycles. The number of hydrogen-bond donors (Lipinski definition) is 0. The molecule has 5 nitrogen and oxygen atoms in total. The van der Waals surface area contributed by atoms with Crippen molar-refractivity contribution >= 4 is 20.3 Å². The van der Waals surface area contributed by atoms with Crippen LogP contribution in [0.3, 0.4) is 0 Å². The molecule has 0 N–H and O–H groups in total. The number of carbonyl (C=O) groups is 2. The maximum Gasteiger partial charge on any atom is 0.438 e. The number of hydrogen-bond acceptors (Lipinski definition) is 5. The lowest BCUT2D eigenvalue weighted by atomic mass is 10.0. The van der Waals surface area contributed by atoms with E-state index < -0.39 is 32.0 Å². The summed E-state index contributed by atoms with van der Waals surface area (Å²) in [5.41, 5.74) is -3.73. The third kappa shape index (κ3) is 6.13. The SMILES string of the molecule is CCCOC(=O)C(O[Si](C)(C)C)(C(=O)OCC(C)C)C(F)(F)F. The van der Waals surface area contributed by atoms with Gasteiger partial charge in [-0.2, -0.15) is 13.2 Å². The first-order valence-corrected chi connectivity index (χ1v) is 10.8. The molecule has 0 amide bonds. The Balaban J connectivity index is 5.85. The van der Waals surface area contributed by atoms with Crippen LogP contribution in [0.2, 0.25) is 19.6 Å². The highest BCUT2D eigenvalue weighted by molar-refractivity contribution is 6.70. The predicted molar refractivity (Wildman–Crippen MR) is 80.3 cm³/mol. The Morgan fingerprint density at radius 2 is 1.52 bits per heavy atom. The summed E-state index contributed by atoms with van der Waals surface area (Å²) < 4.78 is 55.2. The van der Waals surface area contributed by atoms with Crippen molar-refractivity contribution in [2.75, 3.05) is 13.2 Å². The van der Waals surface area contributed by atoms with Crippen LogP contribution in [0.1, 0.15) is 27.2 Å². The van der Waals surface area contributed by atoms with E-state index in [0.29, 0.717) is 6.42 Å². The maximum absolute atomic E-state index is 13.7. The fourth-order valence-electron chi connectivity index (χ4n) is 1.56. The van der Waals surface area contributed by atoms with E-state index in [1.165, 1.54) is 19.6 Å². The van der Waals surface area contributed by atoms with Gasteiger partial charge in [0.1, 0.15) is 0 Å². The first kappa shape index (κ1) is 21.9.